The number of rotatable bonds is 5. The smallest absolute Gasteiger partial charge is 0.308 e. The number of para-hydroxylation sites is 2. The van der Waals surface area contributed by atoms with E-state index in [4.69, 9.17) is 9.47 Å². The van der Waals surface area contributed by atoms with Crippen molar-refractivity contribution in [2.75, 3.05) is 17.3 Å². The molecular weight excluding hydrogens is 412 g/mol. The van der Waals surface area contributed by atoms with Crippen LogP contribution >= 0.6 is 0 Å². The van der Waals surface area contributed by atoms with Gasteiger partial charge in [0, 0.05) is 18.6 Å². The fourth-order valence-electron chi connectivity index (χ4n) is 3.41. The SMILES string of the molecule is COc1ccccc1NC(=O)c1ccc2c(c1)C(=O)N(c1cccc(OC(C)=O)c1)C2=O. The number of methoxy groups -OCH3 is 1. The lowest BCUT2D eigenvalue weighted by Crippen LogP contribution is -2.29. The van der Waals surface area contributed by atoms with E-state index in [1.54, 1.807) is 42.5 Å². The van der Waals surface area contributed by atoms with E-state index in [0.717, 1.165) is 4.90 Å². The molecule has 0 bridgehead atoms. The number of hydrogen-bond acceptors (Lipinski definition) is 6. The van der Waals surface area contributed by atoms with Gasteiger partial charge in [-0.2, -0.15) is 0 Å². The molecule has 160 valence electrons. The summed E-state index contributed by atoms with van der Waals surface area (Å²) >= 11 is 0. The second-order valence-electron chi connectivity index (χ2n) is 6.95. The lowest BCUT2D eigenvalue weighted by molar-refractivity contribution is -0.131. The molecular formula is C24H18N2O6. The Hall–Kier alpha value is -4.46. The maximum atomic E-state index is 13.0. The molecule has 3 aromatic rings. The van der Waals surface area contributed by atoms with Crippen molar-refractivity contribution in [1.82, 2.24) is 0 Å². The standard InChI is InChI=1S/C24H18N2O6/c1-14(27)32-17-7-5-6-16(13-17)26-23(29)18-11-10-15(12-19(18)24(26)30)22(28)25-20-8-3-4-9-21(20)31-2/h3-13H,1-2H3,(H,25,28). The average molecular weight is 430 g/mol. The highest BCUT2D eigenvalue weighted by Gasteiger charge is 2.37. The first-order valence-electron chi connectivity index (χ1n) is 9.64. The van der Waals surface area contributed by atoms with E-state index in [1.165, 1.54) is 38.3 Å². The van der Waals surface area contributed by atoms with Crippen molar-refractivity contribution in [2.45, 2.75) is 6.92 Å². The van der Waals surface area contributed by atoms with Crippen LogP contribution in [0.25, 0.3) is 0 Å². The van der Waals surface area contributed by atoms with E-state index in [-0.39, 0.29) is 28.1 Å². The predicted octanol–water partition coefficient (Wildman–Crippen LogP) is 3.67. The van der Waals surface area contributed by atoms with Gasteiger partial charge in [-0.05, 0) is 42.5 Å². The Labute approximate surface area is 183 Å². The summed E-state index contributed by atoms with van der Waals surface area (Å²) < 4.78 is 10.3. The summed E-state index contributed by atoms with van der Waals surface area (Å²) in [6.07, 6.45) is 0. The van der Waals surface area contributed by atoms with Crippen molar-refractivity contribution in [3.8, 4) is 11.5 Å². The van der Waals surface area contributed by atoms with Crippen molar-refractivity contribution < 1.29 is 28.7 Å². The summed E-state index contributed by atoms with van der Waals surface area (Å²) in [7, 11) is 1.50. The molecule has 0 radical (unpaired) electrons. The van der Waals surface area contributed by atoms with Gasteiger partial charge in [-0.15, -0.1) is 0 Å². The molecule has 0 fully saturated rings. The molecule has 0 aromatic heterocycles. The van der Waals surface area contributed by atoms with Gasteiger partial charge in [-0.25, -0.2) is 4.90 Å². The Morgan fingerprint density at radius 3 is 2.38 bits per heavy atom. The Bertz CT molecular complexity index is 1270. The molecule has 8 nitrogen and oxygen atoms in total. The summed E-state index contributed by atoms with van der Waals surface area (Å²) in [6, 6.07) is 17.4. The molecule has 0 spiro atoms. The lowest BCUT2D eigenvalue weighted by atomic mass is 10.1. The first-order valence-corrected chi connectivity index (χ1v) is 9.64. The van der Waals surface area contributed by atoms with Gasteiger partial charge in [0.25, 0.3) is 17.7 Å². The van der Waals surface area contributed by atoms with E-state index in [1.807, 2.05) is 0 Å². The fourth-order valence-corrected chi connectivity index (χ4v) is 3.41. The van der Waals surface area contributed by atoms with E-state index < -0.39 is 23.7 Å². The zero-order valence-corrected chi connectivity index (χ0v) is 17.2. The molecule has 1 aliphatic heterocycles. The van der Waals surface area contributed by atoms with Crippen LogP contribution in [0.1, 0.15) is 38.0 Å². The first kappa shape index (κ1) is 20.8. The van der Waals surface area contributed by atoms with Crippen LogP contribution in [-0.4, -0.2) is 30.8 Å². The lowest BCUT2D eigenvalue weighted by Gasteiger charge is -2.14. The molecule has 1 N–H and O–H groups in total. The maximum Gasteiger partial charge on any atom is 0.308 e. The number of hydrogen-bond donors (Lipinski definition) is 1. The van der Waals surface area contributed by atoms with Gasteiger partial charge in [-0.3, -0.25) is 19.2 Å². The quantitative estimate of drug-likeness (QED) is 0.376. The number of esters is 1. The number of nitrogens with zero attached hydrogens (tertiary/aromatic N) is 1. The van der Waals surface area contributed by atoms with E-state index in [9.17, 15) is 19.2 Å². The maximum absolute atomic E-state index is 13.0. The van der Waals surface area contributed by atoms with E-state index in [0.29, 0.717) is 11.4 Å². The number of benzene rings is 3. The molecule has 8 heteroatoms. The molecule has 1 aliphatic rings. The van der Waals surface area contributed by atoms with Gasteiger partial charge >= 0.3 is 5.97 Å². The van der Waals surface area contributed by atoms with Crippen LogP contribution in [0, 0.1) is 0 Å². The van der Waals surface area contributed by atoms with Crippen LogP contribution in [0.3, 0.4) is 0 Å². The summed E-state index contributed by atoms with van der Waals surface area (Å²) in [5.74, 6) is -1.36. The normalized spacial score (nSPS) is 12.4. The third-order valence-corrected chi connectivity index (χ3v) is 4.84. The van der Waals surface area contributed by atoms with Gasteiger partial charge < -0.3 is 14.8 Å². The van der Waals surface area contributed by atoms with Crippen LogP contribution in [0.5, 0.6) is 11.5 Å². The second kappa shape index (κ2) is 8.35. The predicted molar refractivity (Wildman–Crippen MR) is 116 cm³/mol. The summed E-state index contributed by atoms with van der Waals surface area (Å²) in [5.41, 5.74) is 1.25. The molecule has 0 saturated heterocycles. The molecule has 0 aliphatic carbocycles. The number of fused-ring (bicyclic) bond motifs is 1. The Morgan fingerprint density at radius 2 is 1.62 bits per heavy atom. The molecule has 1 heterocycles. The van der Waals surface area contributed by atoms with Crippen molar-refractivity contribution >= 4 is 35.1 Å². The number of nitrogens with one attached hydrogen (secondary N) is 1. The fraction of sp³-hybridized carbons (Fsp3) is 0.0833. The van der Waals surface area contributed by atoms with Crippen LogP contribution < -0.4 is 19.7 Å². The van der Waals surface area contributed by atoms with Gasteiger partial charge in [0.1, 0.15) is 11.5 Å². The van der Waals surface area contributed by atoms with Crippen LogP contribution in [0.15, 0.2) is 66.7 Å². The summed E-state index contributed by atoms with van der Waals surface area (Å²) in [5, 5.41) is 2.74. The zero-order chi connectivity index (χ0) is 22.8. The van der Waals surface area contributed by atoms with Gasteiger partial charge in [0.2, 0.25) is 0 Å². The molecule has 3 amide bonds. The topological polar surface area (TPSA) is 102 Å². The Kier molecular flexibility index (Phi) is 5.43. The highest BCUT2D eigenvalue weighted by Crippen LogP contribution is 2.31. The third-order valence-electron chi connectivity index (χ3n) is 4.84. The molecule has 0 unspecified atom stereocenters. The average Bonchev–Trinajstić information content (AvgIpc) is 3.03. The number of imide groups is 1. The van der Waals surface area contributed by atoms with Crippen LogP contribution in [0.4, 0.5) is 11.4 Å². The summed E-state index contributed by atoms with van der Waals surface area (Å²) in [6.45, 7) is 1.26. The van der Waals surface area contributed by atoms with Crippen molar-refractivity contribution in [3.05, 3.63) is 83.4 Å². The van der Waals surface area contributed by atoms with Crippen molar-refractivity contribution in [3.63, 3.8) is 0 Å². The van der Waals surface area contributed by atoms with Gasteiger partial charge in [0.15, 0.2) is 0 Å². The van der Waals surface area contributed by atoms with Crippen molar-refractivity contribution in [1.29, 1.82) is 0 Å². The van der Waals surface area contributed by atoms with Crippen LogP contribution in [0.2, 0.25) is 0 Å². The molecule has 0 saturated carbocycles. The number of carbonyl (C=O) groups is 4. The Balaban J connectivity index is 1.62. The number of ether oxygens (including phenoxy) is 2. The monoisotopic (exact) mass is 430 g/mol. The Morgan fingerprint density at radius 1 is 0.875 bits per heavy atom. The number of anilines is 2. The largest absolute Gasteiger partial charge is 0.495 e. The van der Waals surface area contributed by atoms with Gasteiger partial charge in [0.05, 0.1) is 29.6 Å². The minimum atomic E-state index is -0.572. The van der Waals surface area contributed by atoms with Gasteiger partial charge in [-0.1, -0.05) is 18.2 Å². The second-order valence-corrected chi connectivity index (χ2v) is 6.95. The van der Waals surface area contributed by atoms with E-state index >= 15 is 0 Å². The highest BCUT2D eigenvalue weighted by atomic mass is 16.5. The van der Waals surface area contributed by atoms with E-state index in [2.05, 4.69) is 5.32 Å². The molecule has 32 heavy (non-hydrogen) atoms. The first-order chi connectivity index (χ1) is 15.4. The highest BCUT2D eigenvalue weighted by molar-refractivity contribution is 6.34. The molecule has 0 atom stereocenters. The minimum Gasteiger partial charge on any atom is -0.495 e. The minimum absolute atomic E-state index is 0.112. The van der Waals surface area contributed by atoms with Crippen molar-refractivity contribution in [2.24, 2.45) is 0 Å². The zero-order valence-electron chi connectivity index (χ0n) is 17.2. The molecule has 3 aromatic carbocycles. The molecule has 4 rings (SSSR count). The number of amides is 3. The van der Waals surface area contributed by atoms with Crippen LogP contribution in [-0.2, 0) is 4.79 Å². The number of carbonyl (C=O) groups excluding carboxylic acids is 4. The third kappa shape index (κ3) is 3.81. The summed E-state index contributed by atoms with van der Waals surface area (Å²) in [4.78, 5) is 50.8.